The summed E-state index contributed by atoms with van der Waals surface area (Å²) >= 11 is 3.16. The molecule has 1 aliphatic heterocycles. The molecule has 0 aromatic carbocycles. The van der Waals surface area contributed by atoms with Gasteiger partial charge in [-0.1, -0.05) is 0 Å². The monoisotopic (exact) mass is 316 g/mol. The maximum absolute atomic E-state index is 12.3. The van der Waals surface area contributed by atoms with E-state index in [0.717, 1.165) is 0 Å². The molecule has 1 unspecified atom stereocenters. The average Bonchev–Trinajstić information content (AvgIpc) is 2.83. The van der Waals surface area contributed by atoms with Crippen molar-refractivity contribution in [2.45, 2.75) is 6.04 Å². The maximum atomic E-state index is 12.3. The van der Waals surface area contributed by atoms with Gasteiger partial charge in [0.1, 0.15) is 6.04 Å². The highest BCUT2D eigenvalue weighted by molar-refractivity contribution is 9.10. The van der Waals surface area contributed by atoms with Gasteiger partial charge in [0, 0.05) is 13.6 Å². The third kappa shape index (κ3) is 2.41. The summed E-state index contributed by atoms with van der Waals surface area (Å²) in [5.74, 6) is -0.477. The Morgan fingerprint density at radius 1 is 1.56 bits per heavy atom. The van der Waals surface area contributed by atoms with Gasteiger partial charge in [0.15, 0.2) is 4.67 Å². The Labute approximate surface area is 112 Å². The second-order valence-electron chi connectivity index (χ2n) is 3.81. The van der Waals surface area contributed by atoms with Gasteiger partial charge in [-0.3, -0.25) is 9.59 Å². The summed E-state index contributed by atoms with van der Waals surface area (Å²) in [6.07, 6.45) is 1.42. The van der Waals surface area contributed by atoms with Crippen LogP contribution in [0.15, 0.2) is 21.4 Å². The molecule has 0 saturated carbocycles. The van der Waals surface area contributed by atoms with Gasteiger partial charge in [-0.05, 0) is 22.0 Å². The molecule has 2 heterocycles. The molecule has 1 aromatic rings. The van der Waals surface area contributed by atoms with Gasteiger partial charge in [-0.25, -0.2) is 0 Å². The third-order valence-electron chi connectivity index (χ3n) is 2.79. The first-order valence-corrected chi connectivity index (χ1v) is 6.27. The van der Waals surface area contributed by atoms with Crippen LogP contribution in [0.5, 0.6) is 0 Å². The van der Waals surface area contributed by atoms with E-state index in [1.807, 2.05) is 0 Å². The molecule has 0 bridgehead atoms. The molecule has 1 aromatic heterocycles. The van der Waals surface area contributed by atoms with Crippen molar-refractivity contribution in [1.29, 1.82) is 0 Å². The number of likely N-dealkylation sites (N-methyl/N-ethyl adjacent to an activating group) is 1. The number of amides is 2. The van der Waals surface area contributed by atoms with Crippen LogP contribution < -0.4 is 5.32 Å². The van der Waals surface area contributed by atoms with Crippen molar-refractivity contribution in [2.75, 3.05) is 26.8 Å². The molecule has 98 valence electrons. The number of hydrogen-bond donors (Lipinski definition) is 1. The Hall–Kier alpha value is -1.34. The van der Waals surface area contributed by atoms with E-state index in [1.165, 1.54) is 18.2 Å². The van der Waals surface area contributed by atoms with Crippen LogP contribution in [-0.4, -0.2) is 49.6 Å². The number of morpholine rings is 1. The quantitative estimate of drug-likeness (QED) is 0.868. The van der Waals surface area contributed by atoms with E-state index in [0.29, 0.717) is 23.4 Å². The van der Waals surface area contributed by atoms with Crippen molar-refractivity contribution in [1.82, 2.24) is 10.2 Å². The summed E-state index contributed by atoms with van der Waals surface area (Å²) in [7, 11) is 1.54. The lowest BCUT2D eigenvalue weighted by Gasteiger charge is -2.34. The lowest BCUT2D eigenvalue weighted by molar-refractivity contribution is -0.130. The number of halogens is 1. The molecule has 1 atom stereocenters. The SMILES string of the molecule is CNC(=O)C1COCCN1C(=O)c1ccoc1Br. The Balaban J connectivity index is 2.21. The summed E-state index contributed by atoms with van der Waals surface area (Å²) in [6, 6.07) is 0.973. The number of nitrogens with zero attached hydrogens (tertiary/aromatic N) is 1. The van der Waals surface area contributed by atoms with Crippen LogP contribution in [0.2, 0.25) is 0 Å². The van der Waals surface area contributed by atoms with Gasteiger partial charge < -0.3 is 19.4 Å². The van der Waals surface area contributed by atoms with Gasteiger partial charge in [0.25, 0.3) is 5.91 Å². The average molecular weight is 317 g/mol. The van der Waals surface area contributed by atoms with E-state index >= 15 is 0 Å². The lowest BCUT2D eigenvalue weighted by atomic mass is 10.1. The van der Waals surface area contributed by atoms with E-state index in [9.17, 15) is 9.59 Å². The van der Waals surface area contributed by atoms with Crippen molar-refractivity contribution in [3.63, 3.8) is 0 Å². The summed E-state index contributed by atoms with van der Waals surface area (Å²) in [6.45, 7) is 1.02. The molecule has 0 spiro atoms. The minimum absolute atomic E-state index is 0.209. The number of nitrogens with one attached hydrogen (secondary N) is 1. The van der Waals surface area contributed by atoms with Crippen molar-refractivity contribution in [2.24, 2.45) is 0 Å². The molecular weight excluding hydrogens is 304 g/mol. The minimum Gasteiger partial charge on any atom is -0.457 e. The molecule has 1 fully saturated rings. The van der Waals surface area contributed by atoms with Gasteiger partial charge in [-0.2, -0.15) is 0 Å². The zero-order chi connectivity index (χ0) is 13.1. The van der Waals surface area contributed by atoms with Crippen LogP contribution in [0.1, 0.15) is 10.4 Å². The molecule has 18 heavy (non-hydrogen) atoms. The highest BCUT2D eigenvalue weighted by atomic mass is 79.9. The number of ether oxygens (including phenoxy) is 1. The fourth-order valence-electron chi connectivity index (χ4n) is 1.83. The Morgan fingerprint density at radius 2 is 2.33 bits per heavy atom. The Morgan fingerprint density at radius 3 is 2.94 bits per heavy atom. The molecule has 1 N–H and O–H groups in total. The fraction of sp³-hybridized carbons (Fsp3) is 0.455. The predicted molar refractivity (Wildman–Crippen MR) is 66.1 cm³/mol. The fourth-order valence-corrected chi connectivity index (χ4v) is 2.24. The molecule has 1 saturated heterocycles. The van der Waals surface area contributed by atoms with Gasteiger partial charge in [0.2, 0.25) is 5.91 Å². The standard InChI is InChI=1S/C11H13BrN2O4/c1-13-10(15)8-6-17-5-3-14(8)11(16)7-2-4-18-9(7)12/h2,4,8H,3,5-6H2,1H3,(H,13,15). The molecule has 1 aliphatic rings. The highest BCUT2D eigenvalue weighted by Gasteiger charge is 2.33. The summed E-state index contributed by atoms with van der Waals surface area (Å²) < 4.78 is 10.6. The zero-order valence-electron chi connectivity index (χ0n) is 9.81. The number of furan rings is 1. The van der Waals surface area contributed by atoms with Crippen LogP contribution in [0, 0.1) is 0 Å². The first-order valence-electron chi connectivity index (χ1n) is 5.48. The smallest absolute Gasteiger partial charge is 0.259 e. The number of rotatable bonds is 2. The summed E-state index contributed by atoms with van der Waals surface area (Å²) in [5.41, 5.74) is 0.408. The van der Waals surface area contributed by atoms with E-state index in [4.69, 9.17) is 9.15 Å². The van der Waals surface area contributed by atoms with Crippen molar-refractivity contribution in [3.8, 4) is 0 Å². The van der Waals surface area contributed by atoms with Crippen LogP contribution in [0.3, 0.4) is 0 Å². The van der Waals surface area contributed by atoms with Crippen molar-refractivity contribution < 1.29 is 18.7 Å². The van der Waals surface area contributed by atoms with Crippen LogP contribution >= 0.6 is 15.9 Å². The summed E-state index contributed by atoms with van der Waals surface area (Å²) in [5, 5.41) is 2.53. The van der Waals surface area contributed by atoms with E-state index in [1.54, 1.807) is 6.07 Å². The number of carbonyl (C=O) groups excluding carboxylic acids is 2. The molecule has 2 rings (SSSR count). The molecule has 6 nitrogen and oxygen atoms in total. The number of carbonyl (C=O) groups is 2. The van der Waals surface area contributed by atoms with Gasteiger partial charge >= 0.3 is 0 Å². The highest BCUT2D eigenvalue weighted by Crippen LogP contribution is 2.21. The van der Waals surface area contributed by atoms with Gasteiger partial charge in [0.05, 0.1) is 25.0 Å². The molecule has 2 amide bonds. The van der Waals surface area contributed by atoms with Crippen molar-refractivity contribution >= 4 is 27.7 Å². The van der Waals surface area contributed by atoms with Gasteiger partial charge in [-0.15, -0.1) is 0 Å². The largest absolute Gasteiger partial charge is 0.457 e. The van der Waals surface area contributed by atoms with Crippen molar-refractivity contribution in [3.05, 3.63) is 22.6 Å². The summed E-state index contributed by atoms with van der Waals surface area (Å²) in [4.78, 5) is 25.5. The van der Waals surface area contributed by atoms with E-state index in [2.05, 4.69) is 21.2 Å². The minimum atomic E-state index is -0.599. The normalized spacial score (nSPS) is 19.7. The zero-order valence-corrected chi connectivity index (χ0v) is 11.4. The predicted octanol–water partition coefficient (Wildman–Crippen LogP) is 0.629. The molecule has 7 heteroatoms. The molecule has 0 aliphatic carbocycles. The third-order valence-corrected chi connectivity index (χ3v) is 3.40. The van der Waals surface area contributed by atoms with E-state index < -0.39 is 6.04 Å². The lowest BCUT2D eigenvalue weighted by Crippen LogP contribution is -2.55. The number of hydrogen-bond acceptors (Lipinski definition) is 4. The Kier molecular flexibility index (Phi) is 4.03. The Bertz CT molecular complexity index is 460. The topological polar surface area (TPSA) is 71.8 Å². The second-order valence-corrected chi connectivity index (χ2v) is 4.53. The first kappa shape index (κ1) is 13.1. The van der Waals surface area contributed by atoms with Crippen LogP contribution in [0.25, 0.3) is 0 Å². The maximum Gasteiger partial charge on any atom is 0.259 e. The van der Waals surface area contributed by atoms with Crippen LogP contribution in [-0.2, 0) is 9.53 Å². The molecule has 0 radical (unpaired) electrons. The first-order chi connectivity index (χ1) is 8.65. The second kappa shape index (κ2) is 5.53. The van der Waals surface area contributed by atoms with Crippen LogP contribution in [0.4, 0.5) is 0 Å². The molecular formula is C11H13BrN2O4. The van der Waals surface area contributed by atoms with E-state index in [-0.39, 0.29) is 18.4 Å².